The van der Waals surface area contributed by atoms with E-state index in [2.05, 4.69) is 10.0 Å². The molecule has 0 radical (unpaired) electrons. The number of carbonyl (C=O) groups excluding carboxylic acids is 2. The summed E-state index contributed by atoms with van der Waals surface area (Å²) in [7, 11) is -2.39. The van der Waals surface area contributed by atoms with E-state index in [9.17, 15) is 18.0 Å². The van der Waals surface area contributed by atoms with Crippen molar-refractivity contribution in [1.29, 1.82) is 0 Å². The lowest BCUT2D eigenvalue weighted by Gasteiger charge is -2.14. The molecular weight excluding hydrogens is 448 g/mol. The summed E-state index contributed by atoms with van der Waals surface area (Å²) in [5.74, 6) is -0.810. The molecule has 0 spiro atoms. The highest BCUT2D eigenvalue weighted by Gasteiger charge is 2.19. The number of amides is 1. The summed E-state index contributed by atoms with van der Waals surface area (Å²) in [6, 6.07) is 21.5. The van der Waals surface area contributed by atoms with Crippen LogP contribution in [-0.4, -0.2) is 32.7 Å². The van der Waals surface area contributed by atoms with Crippen molar-refractivity contribution in [1.82, 2.24) is 0 Å². The molecule has 3 rings (SSSR count). The van der Waals surface area contributed by atoms with E-state index in [-0.39, 0.29) is 16.4 Å². The summed E-state index contributed by atoms with van der Waals surface area (Å²) < 4.78 is 32.1. The smallest absolute Gasteiger partial charge is 0.339 e. The summed E-state index contributed by atoms with van der Waals surface area (Å²) in [4.78, 5) is 25.5. The fourth-order valence-electron chi connectivity index (χ4n) is 2.79. The highest BCUT2D eigenvalue weighted by Crippen LogP contribution is 2.27. The van der Waals surface area contributed by atoms with Crippen molar-refractivity contribution in [3.63, 3.8) is 0 Å². The molecule has 1 amide bonds. The van der Waals surface area contributed by atoms with Gasteiger partial charge in [0.15, 0.2) is 0 Å². The van der Waals surface area contributed by atoms with Gasteiger partial charge in [0.1, 0.15) is 0 Å². The Hall–Kier alpha value is -3.30. The maximum atomic E-state index is 12.6. The fraction of sp³-hybridized carbons (Fsp3) is 0.130. The summed E-state index contributed by atoms with van der Waals surface area (Å²) >= 11 is 1.31. The molecule has 0 saturated carbocycles. The highest BCUT2D eigenvalue weighted by atomic mass is 32.2. The zero-order chi connectivity index (χ0) is 23.1. The first-order chi connectivity index (χ1) is 15.3. The lowest BCUT2D eigenvalue weighted by Crippen LogP contribution is -2.23. The number of thioether (sulfide) groups is 1. The van der Waals surface area contributed by atoms with Crippen molar-refractivity contribution in [2.24, 2.45) is 0 Å². The average Bonchev–Trinajstić information content (AvgIpc) is 2.80. The first-order valence-corrected chi connectivity index (χ1v) is 12.0. The molecule has 0 saturated heterocycles. The molecule has 3 aromatic carbocycles. The van der Waals surface area contributed by atoms with E-state index >= 15 is 0 Å². The average molecular weight is 471 g/mol. The van der Waals surface area contributed by atoms with Crippen molar-refractivity contribution in [2.75, 3.05) is 17.1 Å². The standard InChI is InChI=1S/C23H22N2O5S2/c1-16(22(26)24-21-11-7-6-10-20(21)23(27)30-2)31-18-14-12-17(13-15-18)25-32(28,29)19-8-4-3-5-9-19/h3-16,25H,1-2H3,(H,24,26). The Kier molecular flexibility index (Phi) is 7.55. The minimum Gasteiger partial charge on any atom is -0.465 e. The van der Waals surface area contributed by atoms with E-state index < -0.39 is 21.2 Å². The predicted molar refractivity (Wildman–Crippen MR) is 125 cm³/mol. The van der Waals surface area contributed by atoms with Crippen molar-refractivity contribution >= 4 is 45.0 Å². The number of rotatable bonds is 8. The molecule has 7 nitrogen and oxygen atoms in total. The van der Waals surface area contributed by atoms with Crippen LogP contribution >= 0.6 is 11.8 Å². The number of hydrogen-bond donors (Lipinski definition) is 2. The van der Waals surface area contributed by atoms with E-state index in [1.807, 2.05) is 0 Å². The number of sulfonamides is 1. The third kappa shape index (κ3) is 5.89. The van der Waals surface area contributed by atoms with Crippen molar-refractivity contribution in [2.45, 2.75) is 22.0 Å². The monoisotopic (exact) mass is 470 g/mol. The topological polar surface area (TPSA) is 102 Å². The molecule has 1 atom stereocenters. The van der Waals surface area contributed by atoms with Crippen LogP contribution < -0.4 is 10.0 Å². The second kappa shape index (κ2) is 10.3. The molecule has 0 aromatic heterocycles. The number of carbonyl (C=O) groups is 2. The van der Waals surface area contributed by atoms with Gasteiger partial charge in [0, 0.05) is 10.6 Å². The Bertz CT molecular complexity index is 1200. The van der Waals surface area contributed by atoms with Gasteiger partial charge in [0.2, 0.25) is 5.91 Å². The maximum absolute atomic E-state index is 12.6. The van der Waals surface area contributed by atoms with Crippen LogP contribution in [-0.2, 0) is 19.6 Å². The lowest BCUT2D eigenvalue weighted by atomic mass is 10.2. The van der Waals surface area contributed by atoms with E-state index in [1.54, 1.807) is 73.7 Å². The van der Waals surface area contributed by atoms with Gasteiger partial charge < -0.3 is 10.1 Å². The molecular formula is C23H22N2O5S2. The number of hydrogen-bond acceptors (Lipinski definition) is 6. The second-order valence-corrected chi connectivity index (χ2v) is 9.83. The largest absolute Gasteiger partial charge is 0.465 e. The van der Waals surface area contributed by atoms with Gasteiger partial charge in [-0.25, -0.2) is 13.2 Å². The Morgan fingerprint density at radius 3 is 2.19 bits per heavy atom. The number of benzene rings is 3. The number of anilines is 2. The van der Waals surface area contributed by atoms with Crippen molar-refractivity contribution in [3.8, 4) is 0 Å². The van der Waals surface area contributed by atoms with E-state index in [0.29, 0.717) is 11.4 Å². The van der Waals surface area contributed by atoms with Gasteiger partial charge >= 0.3 is 5.97 Å². The van der Waals surface area contributed by atoms with E-state index in [1.165, 1.54) is 31.0 Å². The molecule has 0 fully saturated rings. The normalized spacial score (nSPS) is 11.9. The Balaban J connectivity index is 1.63. The predicted octanol–water partition coefficient (Wildman–Crippen LogP) is 4.39. The lowest BCUT2D eigenvalue weighted by molar-refractivity contribution is -0.115. The van der Waals surface area contributed by atoms with Gasteiger partial charge in [-0.3, -0.25) is 9.52 Å². The van der Waals surface area contributed by atoms with Crippen LogP contribution in [0, 0.1) is 0 Å². The van der Waals surface area contributed by atoms with Crippen LogP contribution in [0.2, 0.25) is 0 Å². The van der Waals surface area contributed by atoms with Gasteiger partial charge in [0.05, 0.1) is 28.5 Å². The first kappa shape index (κ1) is 23.4. The van der Waals surface area contributed by atoms with Crippen molar-refractivity contribution in [3.05, 3.63) is 84.4 Å². The van der Waals surface area contributed by atoms with Crippen LogP contribution in [0.25, 0.3) is 0 Å². The number of ether oxygens (including phenoxy) is 1. The van der Waals surface area contributed by atoms with Crippen molar-refractivity contribution < 1.29 is 22.7 Å². The third-order valence-corrected chi connectivity index (χ3v) is 6.94. The Labute approximate surface area is 191 Å². The molecule has 0 aliphatic carbocycles. The van der Waals surface area contributed by atoms with Gasteiger partial charge in [-0.1, -0.05) is 30.3 Å². The Morgan fingerprint density at radius 1 is 0.906 bits per heavy atom. The molecule has 2 N–H and O–H groups in total. The minimum atomic E-state index is -3.67. The number of para-hydroxylation sites is 1. The molecule has 0 bridgehead atoms. The molecule has 166 valence electrons. The quantitative estimate of drug-likeness (QED) is 0.374. The van der Waals surface area contributed by atoms with Gasteiger partial charge in [-0.2, -0.15) is 0 Å². The molecule has 32 heavy (non-hydrogen) atoms. The van der Waals surface area contributed by atoms with Gasteiger partial charge in [-0.15, -0.1) is 11.8 Å². The number of methoxy groups -OCH3 is 1. The fourth-order valence-corrected chi connectivity index (χ4v) is 4.73. The maximum Gasteiger partial charge on any atom is 0.339 e. The molecule has 3 aromatic rings. The molecule has 0 aliphatic rings. The molecule has 1 unspecified atom stereocenters. The zero-order valence-electron chi connectivity index (χ0n) is 17.4. The van der Waals surface area contributed by atoms with E-state index in [4.69, 9.17) is 4.74 Å². The molecule has 9 heteroatoms. The number of esters is 1. The third-order valence-electron chi connectivity index (χ3n) is 4.43. The second-order valence-electron chi connectivity index (χ2n) is 6.73. The molecule has 0 aliphatic heterocycles. The highest BCUT2D eigenvalue weighted by molar-refractivity contribution is 8.00. The SMILES string of the molecule is COC(=O)c1ccccc1NC(=O)C(C)Sc1ccc(NS(=O)(=O)c2ccccc2)cc1. The number of nitrogens with one attached hydrogen (secondary N) is 2. The van der Waals surface area contributed by atoms with Crippen LogP contribution in [0.15, 0.2) is 88.7 Å². The van der Waals surface area contributed by atoms with Crippen LogP contribution in [0.3, 0.4) is 0 Å². The van der Waals surface area contributed by atoms with Crippen LogP contribution in [0.5, 0.6) is 0 Å². The summed E-state index contributed by atoms with van der Waals surface area (Å²) in [6.45, 7) is 1.74. The van der Waals surface area contributed by atoms with Crippen LogP contribution in [0.4, 0.5) is 11.4 Å². The Morgan fingerprint density at radius 2 is 1.53 bits per heavy atom. The summed E-state index contributed by atoms with van der Waals surface area (Å²) in [5, 5.41) is 2.29. The summed E-state index contributed by atoms with van der Waals surface area (Å²) in [5.41, 5.74) is 1.07. The van der Waals surface area contributed by atoms with E-state index in [0.717, 1.165) is 4.90 Å². The zero-order valence-corrected chi connectivity index (χ0v) is 19.1. The van der Waals surface area contributed by atoms with Crippen LogP contribution in [0.1, 0.15) is 17.3 Å². The minimum absolute atomic E-state index is 0.177. The van der Waals surface area contributed by atoms with Gasteiger partial charge in [-0.05, 0) is 55.5 Å². The first-order valence-electron chi connectivity index (χ1n) is 9.63. The molecule has 0 heterocycles. The summed E-state index contributed by atoms with van der Waals surface area (Å²) in [6.07, 6.45) is 0. The van der Waals surface area contributed by atoms with Gasteiger partial charge in [0.25, 0.3) is 10.0 Å².